The standard InChI is InChI=1S/C14H25NO3/c1-10-5-7-14(9-16,8-6-10)15-13(17)12-4-3-11(2)18-12/h10-12,16H,3-9H2,1-2H3,(H,15,17). The van der Waals surface area contributed by atoms with Gasteiger partial charge in [-0.3, -0.25) is 4.79 Å². The van der Waals surface area contributed by atoms with Gasteiger partial charge in [0.15, 0.2) is 0 Å². The van der Waals surface area contributed by atoms with E-state index in [4.69, 9.17) is 4.74 Å². The predicted octanol–water partition coefficient (Wildman–Crippen LogP) is 1.61. The van der Waals surface area contributed by atoms with Gasteiger partial charge in [-0.25, -0.2) is 0 Å². The highest BCUT2D eigenvalue weighted by atomic mass is 16.5. The molecule has 104 valence electrons. The van der Waals surface area contributed by atoms with E-state index >= 15 is 0 Å². The van der Waals surface area contributed by atoms with E-state index in [-0.39, 0.29) is 24.7 Å². The minimum atomic E-state index is -0.404. The predicted molar refractivity (Wildman–Crippen MR) is 69.2 cm³/mol. The Hall–Kier alpha value is -0.610. The molecule has 2 atom stereocenters. The first-order chi connectivity index (χ1) is 8.54. The van der Waals surface area contributed by atoms with Crippen LogP contribution < -0.4 is 5.32 Å². The smallest absolute Gasteiger partial charge is 0.249 e. The molecule has 2 unspecified atom stereocenters. The number of carbonyl (C=O) groups excluding carboxylic acids is 1. The van der Waals surface area contributed by atoms with Gasteiger partial charge in [-0.15, -0.1) is 0 Å². The molecule has 0 aromatic carbocycles. The Labute approximate surface area is 109 Å². The molecule has 1 aliphatic carbocycles. The van der Waals surface area contributed by atoms with E-state index in [1.54, 1.807) is 0 Å². The number of rotatable bonds is 3. The number of hydrogen-bond donors (Lipinski definition) is 2. The summed E-state index contributed by atoms with van der Waals surface area (Å²) in [6.45, 7) is 4.26. The molecule has 1 heterocycles. The molecule has 2 rings (SSSR count). The van der Waals surface area contributed by atoms with Gasteiger partial charge in [0.1, 0.15) is 6.10 Å². The SMILES string of the molecule is CC1CCC(CO)(NC(=O)C2CCC(C)O2)CC1. The number of amides is 1. The van der Waals surface area contributed by atoms with Gasteiger partial charge >= 0.3 is 0 Å². The summed E-state index contributed by atoms with van der Waals surface area (Å²) in [6, 6.07) is 0. The third kappa shape index (κ3) is 3.04. The molecule has 0 spiro atoms. The molecule has 1 aliphatic heterocycles. The van der Waals surface area contributed by atoms with E-state index in [2.05, 4.69) is 12.2 Å². The zero-order valence-electron chi connectivity index (χ0n) is 11.4. The molecule has 2 N–H and O–H groups in total. The van der Waals surface area contributed by atoms with Crippen molar-refractivity contribution in [3.8, 4) is 0 Å². The Kier molecular flexibility index (Phi) is 4.28. The Bertz CT molecular complexity index is 297. The van der Waals surface area contributed by atoms with Crippen LogP contribution in [0.15, 0.2) is 0 Å². The molecule has 0 radical (unpaired) electrons. The Balaban J connectivity index is 1.91. The van der Waals surface area contributed by atoms with Crippen molar-refractivity contribution < 1.29 is 14.6 Å². The van der Waals surface area contributed by atoms with Gasteiger partial charge < -0.3 is 15.2 Å². The van der Waals surface area contributed by atoms with Crippen LogP contribution in [0.1, 0.15) is 52.4 Å². The maximum absolute atomic E-state index is 12.2. The molecule has 0 bridgehead atoms. The van der Waals surface area contributed by atoms with Crippen LogP contribution in [0, 0.1) is 5.92 Å². The summed E-state index contributed by atoms with van der Waals surface area (Å²) in [7, 11) is 0. The van der Waals surface area contributed by atoms with Crippen molar-refractivity contribution >= 4 is 5.91 Å². The number of nitrogens with one attached hydrogen (secondary N) is 1. The topological polar surface area (TPSA) is 58.6 Å². The lowest BCUT2D eigenvalue weighted by Gasteiger charge is -2.39. The summed E-state index contributed by atoms with van der Waals surface area (Å²) in [4.78, 5) is 12.2. The van der Waals surface area contributed by atoms with Crippen LogP contribution in [-0.2, 0) is 9.53 Å². The first-order valence-electron chi connectivity index (χ1n) is 7.13. The van der Waals surface area contributed by atoms with Crippen LogP contribution in [0.25, 0.3) is 0 Å². The molecule has 1 saturated heterocycles. The monoisotopic (exact) mass is 255 g/mol. The number of hydrogen-bond acceptors (Lipinski definition) is 3. The van der Waals surface area contributed by atoms with E-state index in [0.29, 0.717) is 5.92 Å². The van der Waals surface area contributed by atoms with Crippen molar-refractivity contribution in [2.75, 3.05) is 6.61 Å². The molecular formula is C14H25NO3. The van der Waals surface area contributed by atoms with Crippen LogP contribution >= 0.6 is 0 Å². The third-order valence-corrected chi connectivity index (χ3v) is 4.45. The van der Waals surface area contributed by atoms with E-state index in [1.807, 2.05) is 6.92 Å². The van der Waals surface area contributed by atoms with Gasteiger partial charge in [-0.2, -0.15) is 0 Å². The van der Waals surface area contributed by atoms with Gasteiger partial charge in [-0.05, 0) is 51.4 Å². The molecule has 18 heavy (non-hydrogen) atoms. The number of ether oxygens (including phenoxy) is 1. The van der Waals surface area contributed by atoms with E-state index in [0.717, 1.165) is 38.5 Å². The number of carbonyl (C=O) groups is 1. The van der Waals surface area contributed by atoms with Crippen molar-refractivity contribution in [2.45, 2.75) is 70.1 Å². The maximum Gasteiger partial charge on any atom is 0.249 e. The highest BCUT2D eigenvalue weighted by Gasteiger charge is 2.38. The average Bonchev–Trinajstić information content (AvgIpc) is 2.79. The Morgan fingerprint density at radius 3 is 2.44 bits per heavy atom. The van der Waals surface area contributed by atoms with Crippen molar-refractivity contribution in [2.24, 2.45) is 5.92 Å². The fourth-order valence-electron chi connectivity index (χ4n) is 2.97. The number of aliphatic hydroxyl groups is 1. The third-order valence-electron chi connectivity index (χ3n) is 4.45. The first-order valence-corrected chi connectivity index (χ1v) is 7.13. The first kappa shape index (κ1) is 13.8. The second kappa shape index (κ2) is 5.57. The lowest BCUT2D eigenvalue weighted by Crippen LogP contribution is -2.55. The van der Waals surface area contributed by atoms with E-state index in [9.17, 15) is 9.90 Å². The van der Waals surface area contributed by atoms with Gasteiger partial charge in [0.2, 0.25) is 5.91 Å². The van der Waals surface area contributed by atoms with Crippen LogP contribution in [0.3, 0.4) is 0 Å². The molecule has 0 aromatic rings. The Morgan fingerprint density at radius 2 is 1.94 bits per heavy atom. The summed E-state index contributed by atoms with van der Waals surface area (Å²) >= 11 is 0. The average molecular weight is 255 g/mol. The van der Waals surface area contributed by atoms with Gasteiger partial charge in [0.25, 0.3) is 0 Å². The van der Waals surface area contributed by atoms with Crippen molar-refractivity contribution in [1.29, 1.82) is 0 Å². The summed E-state index contributed by atoms with van der Waals surface area (Å²) in [5.41, 5.74) is -0.404. The van der Waals surface area contributed by atoms with Crippen LogP contribution in [0.5, 0.6) is 0 Å². The lowest BCUT2D eigenvalue weighted by molar-refractivity contribution is -0.135. The van der Waals surface area contributed by atoms with Crippen LogP contribution in [0.4, 0.5) is 0 Å². The van der Waals surface area contributed by atoms with E-state index < -0.39 is 5.54 Å². The molecule has 1 amide bonds. The van der Waals surface area contributed by atoms with Crippen LogP contribution in [0.2, 0.25) is 0 Å². The maximum atomic E-state index is 12.2. The van der Waals surface area contributed by atoms with Crippen LogP contribution in [-0.4, -0.2) is 35.4 Å². The fraction of sp³-hybridized carbons (Fsp3) is 0.929. The molecular weight excluding hydrogens is 230 g/mol. The van der Waals surface area contributed by atoms with Gasteiger partial charge in [0.05, 0.1) is 18.2 Å². The van der Waals surface area contributed by atoms with E-state index in [1.165, 1.54) is 0 Å². The largest absolute Gasteiger partial charge is 0.394 e. The number of aliphatic hydroxyl groups excluding tert-OH is 1. The van der Waals surface area contributed by atoms with Crippen molar-refractivity contribution in [3.63, 3.8) is 0 Å². The second-order valence-electron chi connectivity index (χ2n) is 6.12. The Morgan fingerprint density at radius 1 is 1.28 bits per heavy atom. The molecule has 4 nitrogen and oxygen atoms in total. The summed E-state index contributed by atoms with van der Waals surface area (Å²) in [5.74, 6) is 0.660. The second-order valence-corrected chi connectivity index (χ2v) is 6.12. The fourth-order valence-corrected chi connectivity index (χ4v) is 2.97. The van der Waals surface area contributed by atoms with Gasteiger partial charge in [-0.1, -0.05) is 6.92 Å². The summed E-state index contributed by atoms with van der Waals surface area (Å²) in [6.07, 6.45) is 5.50. The van der Waals surface area contributed by atoms with Gasteiger partial charge in [0, 0.05) is 0 Å². The molecule has 0 aromatic heterocycles. The minimum Gasteiger partial charge on any atom is -0.394 e. The zero-order valence-corrected chi connectivity index (χ0v) is 11.4. The van der Waals surface area contributed by atoms with Crippen molar-refractivity contribution in [3.05, 3.63) is 0 Å². The molecule has 2 aliphatic rings. The summed E-state index contributed by atoms with van der Waals surface area (Å²) < 4.78 is 5.58. The minimum absolute atomic E-state index is 0.0354. The molecule has 4 heteroatoms. The van der Waals surface area contributed by atoms with Crippen molar-refractivity contribution in [1.82, 2.24) is 5.32 Å². The highest BCUT2D eigenvalue weighted by Crippen LogP contribution is 2.32. The quantitative estimate of drug-likeness (QED) is 0.805. The highest BCUT2D eigenvalue weighted by molar-refractivity contribution is 5.81. The lowest BCUT2D eigenvalue weighted by atomic mass is 9.77. The zero-order chi connectivity index (χ0) is 13.2. The normalized spacial score (nSPS) is 40.7. The molecule has 1 saturated carbocycles. The molecule has 2 fully saturated rings. The summed E-state index contributed by atoms with van der Waals surface area (Å²) in [5, 5.41) is 12.7.